The number of ether oxygens (including phenoxy) is 2. The van der Waals surface area contributed by atoms with E-state index < -0.39 is 5.60 Å². The van der Waals surface area contributed by atoms with Gasteiger partial charge in [-0.25, -0.2) is 4.79 Å². The maximum atomic E-state index is 12.9. The lowest BCUT2D eigenvalue weighted by molar-refractivity contribution is -0.162. The highest BCUT2D eigenvalue weighted by atomic mass is 16.6. The SMILES string of the molecule is COC(=O)N1CCC2C1CCCC2(C#Cc1cccc(C)c1)OC(=O)CCCC(=O)NC(C)C. The summed E-state index contributed by atoms with van der Waals surface area (Å²) < 4.78 is 11.1. The number of methoxy groups -OCH3 is 1. The number of hydrogen-bond acceptors (Lipinski definition) is 5. The van der Waals surface area contributed by atoms with Crippen LogP contribution in [0.2, 0.25) is 0 Å². The van der Waals surface area contributed by atoms with E-state index in [0.29, 0.717) is 25.8 Å². The first-order chi connectivity index (χ1) is 16.2. The molecular weight excluding hydrogens is 432 g/mol. The van der Waals surface area contributed by atoms with E-state index in [1.54, 1.807) is 4.90 Å². The topological polar surface area (TPSA) is 84.9 Å². The van der Waals surface area contributed by atoms with Gasteiger partial charge in [-0.15, -0.1) is 0 Å². The minimum Gasteiger partial charge on any atom is -0.453 e. The summed E-state index contributed by atoms with van der Waals surface area (Å²) in [6, 6.07) is 7.91. The van der Waals surface area contributed by atoms with Crippen molar-refractivity contribution in [1.29, 1.82) is 0 Å². The highest BCUT2D eigenvalue weighted by Gasteiger charge is 2.53. The lowest BCUT2D eigenvalue weighted by Crippen LogP contribution is -2.51. The third-order valence-electron chi connectivity index (χ3n) is 6.57. The van der Waals surface area contributed by atoms with Crippen LogP contribution in [0.4, 0.5) is 4.79 Å². The van der Waals surface area contributed by atoms with E-state index in [-0.39, 0.29) is 48.8 Å². The summed E-state index contributed by atoms with van der Waals surface area (Å²) in [6.07, 6.45) is 3.45. The van der Waals surface area contributed by atoms with E-state index in [1.807, 2.05) is 45.0 Å². The maximum Gasteiger partial charge on any atom is 0.409 e. The third kappa shape index (κ3) is 6.31. The zero-order valence-electron chi connectivity index (χ0n) is 20.7. The fourth-order valence-electron chi connectivity index (χ4n) is 5.11. The number of nitrogens with zero attached hydrogens (tertiary/aromatic N) is 1. The van der Waals surface area contributed by atoms with Crippen LogP contribution < -0.4 is 5.32 Å². The highest BCUT2D eigenvalue weighted by molar-refractivity contribution is 5.77. The molecule has 1 saturated heterocycles. The number of likely N-dealkylation sites (tertiary alicyclic amines) is 1. The van der Waals surface area contributed by atoms with E-state index in [0.717, 1.165) is 24.0 Å². The molecule has 1 aliphatic heterocycles. The van der Waals surface area contributed by atoms with Crippen LogP contribution in [0.1, 0.15) is 69.9 Å². The van der Waals surface area contributed by atoms with Crippen molar-refractivity contribution in [2.75, 3.05) is 13.7 Å². The molecule has 0 spiro atoms. The molecule has 0 aromatic heterocycles. The lowest BCUT2D eigenvalue weighted by Gasteiger charge is -2.42. The molecule has 3 atom stereocenters. The summed E-state index contributed by atoms with van der Waals surface area (Å²) in [5.41, 5.74) is 1.01. The molecule has 2 amide bonds. The fraction of sp³-hybridized carbons (Fsp3) is 0.593. The number of hydrogen-bond donors (Lipinski definition) is 1. The Hall–Kier alpha value is -3.01. The Kier molecular flexibility index (Phi) is 8.60. The third-order valence-corrected chi connectivity index (χ3v) is 6.57. The molecule has 1 heterocycles. The molecule has 0 radical (unpaired) electrons. The van der Waals surface area contributed by atoms with E-state index >= 15 is 0 Å². The molecule has 184 valence electrons. The molecule has 1 N–H and O–H groups in total. The van der Waals surface area contributed by atoms with Crippen molar-refractivity contribution < 1.29 is 23.9 Å². The fourth-order valence-corrected chi connectivity index (χ4v) is 5.11. The molecular formula is C27H36N2O5. The maximum absolute atomic E-state index is 12.9. The standard InChI is InChI=1S/C27H36N2O5/c1-19(2)28-24(30)11-6-12-25(31)34-27(16-13-21-9-5-8-20(3)18-21)15-7-10-23-22(27)14-17-29(23)26(32)33-4/h5,8-9,18-19,22-23H,6-7,10-12,14-15,17H2,1-4H3,(H,28,30). The van der Waals surface area contributed by atoms with E-state index in [1.165, 1.54) is 7.11 Å². The molecule has 2 aliphatic rings. The van der Waals surface area contributed by atoms with Gasteiger partial charge in [0.2, 0.25) is 5.91 Å². The van der Waals surface area contributed by atoms with E-state index in [2.05, 4.69) is 17.2 Å². The zero-order valence-corrected chi connectivity index (χ0v) is 20.7. The minimum atomic E-state index is -0.966. The monoisotopic (exact) mass is 468 g/mol. The first-order valence-corrected chi connectivity index (χ1v) is 12.2. The average molecular weight is 469 g/mol. The number of fused-ring (bicyclic) bond motifs is 1. The molecule has 0 bridgehead atoms. The molecule has 1 saturated carbocycles. The van der Waals surface area contributed by atoms with Gasteiger partial charge in [-0.2, -0.15) is 0 Å². The van der Waals surface area contributed by atoms with Crippen LogP contribution in [0.3, 0.4) is 0 Å². The Morgan fingerprint density at radius 3 is 2.74 bits per heavy atom. The van der Waals surface area contributed by atoms with Crippen molar-refractivity contribution in [3.8, 4) is 11.8 Å². The van der Waals surface area contributed by atoms with Crippen molar-refractivity contribution in [3.63, 3.8) is 0 Å². The van der Waals surface area contributed by atoms with E-state index in [9.17, 15) is 14.4 Å². The number of carbonyl (C=O) groups excluding carboxylic acids is 3. The van der Waals surface area contributed by atoms with Gasteiger partial charge in [-0.1, -0.05) is 18.1 Å². The van der Waals surface area contributed by atoms with Crippen LogP contribution in [-0.4, -0.2) is 54.2 Å². The predicted molar refractivity (Wildman–Crippen MR) is 129 cm³/mol. The molecule has 7 nitrogen and oxygen atoms in total. The molecule has 3 unspecified atom stereocenters. The molecule has 7 heteroatoms. The second kappa shape index (κ2) is 11.4. The number of amides is 2. The van der Waals surface area contributed by atoms with Gasteiger partial charge in [0.15, 0.2) is 5.60 Å². The number of benzene rings is 1. The van der Waals surface area contributed by atoms with Crippen molar-refractivity contribution in [2.24, 2.45) is 5.92 Å². The van der Waals surface area contributed by atoms with Gasteiger partial charge >= 0.3 is 12.1 Å². The number of rotatable bonds is 6. The van der Waals surface area contributed by atoms with Crippen molar-refractivity contribution in [1.82, 2.24) is 10.2 Å². The van der Waals surface area contributed by atoms with Crippen LogP contribution in [0.25, 0.3) is 0 Å². The van der Waals surface area contributed by atoms with E-state index in [4.69, 9.17) is 9.47 Å². The molecule has 1 aromatic carbocycles. The number of carbonyl (C=O) groups is 3. The zero-order chi connectivity index (χ0) is 24.7. The summed E-state index contributed by atoms with van der Waals surface area (Å²) in [6.45, 7) is 6.38. The normalized spacial score (nSPS) is 23.5. The Morgan fingerprint density at radius 1 is 1.24 bits per heavy atom. The second-order valence-corrected chi connectivity index (χ2v) is 9.58. The first-order valence-electron chi connectivity index (χ1n) is 12.2. The lowest BCUT2D eigenvalue weighted by atomic mass is 9.72. The Labute approximate surface area is 202 Å². The van der Waals surface area contributed by atoms with Crippen molar-refractivity contribution >= 4 is 18.0 Å². The number of nitrogens with one attached hydrogen (secondary N) is 1. The smallest absolute Gasteiger partial charge is 0.409 e. The summed E-state index contributed by atoms with van der Waals surface area (Å²) in [7, 11) is 1.39. The van der Waals surface area contributed by atoms with Gasteiger partial charge in [0.25, 0.3) is 0 Å². The summed E-state index contributed by atoms with van der Waals surface area (Å²) in [5.74, 6) is 6.07. The first kappa shape index (κ1) is 25.6. The Morgan fingerprint density at radius 2 is 2.03 bits per heavy atom. The molecule has 3 rings (SSSR count). The molecule has 2 fully saturated rings. The predicted octanol–water partition coefficient (Wildman–Crippen LogP) is 3.96. The molecule has 1 aromatic rings. The van der Waals surface area contributed by atoms with Gasteiger partial charge in [0.1, 0.15) is 0 Å². The minimum absolute atomic E-state index is 0.0684. The number of esters is 1. The van der Waals surface area contributed by atoms with Crippen LogP contribution in [-0.2, 0) is 19.1 Å². The van der Waals surface area contributed by atoms with Crippen LogP contribution in [0.5, 0.6) is 0 Å². The summed E-state index contributed by atoms with van der Waals surface area (Å²) in [5, 5.41) is 2.84. The Bertz CT molecular complexity index is 963. The highest BCUT2D eigenvalue weighted by Crippen LogP contribution is 2.45. The van der Waals surface area contributed by atoms with Gasteiger partial charge in [-0.3, -0.25) is 9.59 Å². The van der Waals surface area contributed by atoms with Crippen LogP contribution in [0.15, 0.2) is 24.3 Å². The van der Waals surface area contributed by atoms with Gasteiger partial charge in [0.05, 0.1) is 7.11 Å². The largest absolute Gasteiger partial charge is 0.453 e. The van der Waals surface area contributed by atoms with Crippen molar-refractivity contribution in [3.05, 3.63) is 35.4 Å². The second-order valence-electron chi connectivity index (χ2n) is 9.58. The van der Waals surface area contributed by atoms with Crippen LogP contribution >= 0.6 is 0 Å². The van der Waals surface area contributed by atoms with Crippen molar-refractivity contribution in [2.45, 2.75) is 83.4 Å². The molecule has 34 heavy (non-hydrogen) atoms. The summed E-state index contributed by atoms with van der Waals surface area (Å²) in [4.78, 5) is 38.9. The van der Waals surface area contributed by atoms with Crippen LogP contribution in [0, 0.1) is 24.7 Å². The quantitative estimate of drug-likeness (QED) is 0.505. The van der Waals surface area contributed by atoms with Gasteiger partial charge in [-0.05, 0) is 76.5 Å². The average Bonchev–Trinajstić information content (AvgIpc) is 3.22. The summed E-state index contributed by atoms with van der Waals surface area (Å²) >= 11 is 0. The van der Waals surface area contributed by atoms with Gasteiger partial charge in [0, 0.05) is 43.0 Å². The molecule has 1 aliphatic carbocycles. The Balaban J connectivity index is 1.80. The van der Waals surface area contributed by atoms with Gasteiger partial charge < -0.3 is 19.7 Å². The number of aryl methyl sites for hydroxylation is 1.